The van der Waals surface area contributed by atoms with Crippen LogP contribution in [0, 0.1) is 0 Å². The van der Waals surface area contributed by atoms with Gasteiger partial charge in [0.15, 0.2) is 0 Å². The first-order valence-corrected chi connectivity index (χ1v) is 5.20. The highest BCUT2D eigenvalue weighted by Crippen LogP contribution is 2.05. The van der Waals surface area contributed by atoms with E-state index >= 15 is 0 Å². The Labute approximate surface area is 83.3 Å². The maximum absolute atomic E-state index is 10.4. The molecule has 4 nitrogen and oxygen atoms in total. The zero-order valence-corrected chi connectivity index (χ0v) is 8.31. The number of aliphatic hydroxyl groups is 1. The van der Waals surface area contributed by atoms with E-state index in [1.807, 2.05) is 0 Å². The normalized spacial score (nSPS) is 9.86. The fourth-order valence-corrected chi connectivity index (χ4v) is 1.09. The van der Waals surface area contributed by atoms with Gasteiger partial charge in [-0.25, -0.2) is 0 Å². The molecule has 0 atom stereocenters. The molecule has 0 aliphatic rings. The third-order valence-corrected chi connectivity index (χ3v) is 2.04. The molecule has 1 aromatic rings. The molecule has 0 heterocycles. The van der Waals surface area contributed by atoms with Gasteiger partial charge in [0.25, 0.3) is 10.1 Å². The Bertz CT molecular complexity index is 356. The third kappa shape index (κ3) is 5.47. The lowest BCUT2D eigenvalue weighted by Gasteiger charge is -1.92. The van der Waals surface area contributed by atoms with Gasteiger partial charge in [-0.1, -0.05) is 24.3 Å². The second-order valence-corrected chi connectivity index (χ2v) is 3.68. The molecule has 5 heteroatoms. The molecule has 0 aliphatic heterocycles. The Morgan fingerprint density at radius 3 is 1.93 bits per heavy atom. The summed E-state index contributed by atoms with van der Waals surface area (Å²) >= 11 is 0. The van der Waals surface area contributed by atoms with Gasteiger partial charge in [-0.05, 0) is 12.1 Å². The predicted octanol–water partition coefficient (Wildman–Crippen LogP) is 1.10. The molecule has 0 amide bonds. The average Bonchev–Trinajstić information content (AvgIpc) is 2.18. The van der Waals surface area contributed by atoms with Crippen molar-refractivity contribution in [3.63, 3.8) is 0 Å². The summed E-state index contributed by atoms with van der Waals surface area (Å²) in [7, 11) is -4.00. The molecule has 1 rings (SSSR count). The van der Waals surface area contributed by atoms with Gasteiger partial charge in [0.2, 0.25) is 0 Å². The van der Waals surface area contributed by atoms with Crippen molar-refractivity contribution in [1.29, 1.82) is 0 Å². The predicted molar refractivity (Wildman–Crippen MR) is 53.5 cm³/mol. The molecule has 0 bridgehead atoms. The minimum atomic E-state index is -4.00. The summed E-state index contributed by atoms with van der Waals surface area (Å²) in [6.07, 6.45) is 1.43. The minimum absolute atomic E-state index is 0.0741. The van der Waals surface area contributed by atoms with Crippen molar-refractivity contribution < 1.29 is 18.1 Å². The third-order valence-electron chi connectivity index (χ3n) is 1.17. The number of rotatable bonds is 2. The average molecular weight is 216 g/mol. The summed E-state index contributed by atoms with van der Waals surface area (Å²) in [4.78, 5) is -0.0741. The number of hydrogen-bond donors (Lipinski definition) is 2. The molecule has 0 aromatic heterocycles. The lowest BCUT2D eigenvalue weighted by molar-refractivity contribution is 0.343. The maximum Gasteiger partial charge on any atom is 0.294 e. The Morgan fingerprint density at radius 2 is 1.71 bits per heavy atom. The summed E-state index contributed by atoms with van der Waals surface area (Å²) in [5.74, 6) is 0. The summed E-state index contributed by atoms with van der Waals surface area (Å²) in [6, 6.07) is 7.42. The Balaban J connectivity index is 0.000000364. The van der Waals surface area contributed by atoms with Gasteiger partial charge in [0.05, 0.1) is 11.5 Å². The SMILES string of the molecule is C=CCO.O=S(=O)(O)c1ccccc1. The van der Waals surface area contributed by atoms with E-state index in [1.54, 1.807) is 18.2 Å². The van der Waals surface area contributed by atoms with Crippen molar-refractivity contribution >= 4 is 10.1 Å². The Hall–Kier alpha value is -1.17. The number of aliphatic hydroxyl groups excluding tert-OH is 1. The van der Waals surface area contributed by atoms with E-state index in [-0.39, 0.29) is 11.5 Å². The zero-order chi connectivity index (χ0) is 11.0. The van der Waals surface area contributed by atoms with Crippen molar-refractivity contribution in [2.24, 2.45) is 0 Å². The van der Waals surface area contributed by atoms with Crippen LogP contribution >= 0.6 is 0 Å². The van der Waals surface area contributed by atoms with Crippen LogP contribution in [-0.4, -0.2) is 24.7 Å². The van der Waals surface area contributed by atoms with E-state index in [2.05, 4.69) is 6.58 Å². The molecule has 0 fully saturated rings. The van der Waals surface area contributed by atoms with Crippen LogP contribution in [0.15, 0.2) is 47.9 Å². The summed E-state index contributed by atoms with van der Waals surface area (Å²) in [5, 5.41) is 7.76. The molecule has 0 spiro atoms. The Morgan fingerprint density at radius 1 is 1.29 bits per heavy atom. The zero-order valence-electron chi connectivity index (χ0n) is 7.50. The van der Waals surface area contributed by atoms with Crippen molar-refractivity contribution in [3.05, 3.63) is 43.0 Å². The highest BCUT2D eigenvalue weighted by Gasteiger charge is 2.05. The minimum Gasteiger partial charge on any atom is -0.392 e. The molecule has 0 saturated carbocycles. The van der Waals surface area contributed by atoms with Crippen LogP contribution < -0.4 is 0 Å². The van der Waals surface area contributed by atoms with E-state index in [0.29, 0.717) is 0 Å². The van der Waals surface area contributed by atoms with Crippen molar-refractivity contribution in [2.75, 3.05) is 6.61 Å². The van der Waals surface area contributed by atoms with Crippen LogP contribution in [0.5, 0.6) is 0 Å². The van der Waals surface area contributed by atoms with E-state index in [0.717, 1.165) is 0 Å². The molecule has 78 valence electrons. The van der Waals surface area contributed by atoms with Crippen LogP contribution in [-0.2, 0) is 10.1 Å². The van der Waals surface area contributed by atoms with Gasteiger partial charge < -0.3 is 5.11 Å². The summed E-state index contributed by atoms with van der Waals surface area (Å²) < 4.78 is 29.2. The first kappa shape index (κ1) is 12.8. The van der Waals surface area contributed by atoms with Gasteiger partial charge in [-0.15, -0.1) is 6.58 Å². The fraction of sp³-hybridized carbons (Fsp3) is 0.111. The fourth-order valence-electron chi connectivity index (χ4n) is 0.592. The molecule has 1 aromatic carbocycles. The first-order chi connectivity index (χ1) is 6.52. The van der Waals surface area contributed by atoms with Gasteiger partial charge in [0.1, 0.15) is 0 Å². The van der Waals surface area contributed by atoms with Crippen molar-refractivity contribution in [3.8, 4) is 0 Å². The summed E-state index contributed by atoms with van der Waals surface area (Å²) in [5.41, 5.74) is 0. The molecule has 0 unspecified atom stereocenters. The van der Waals surface area contributed by atoms with Crippen LogP contribution in [0.4, 0.5) is 0 Å². The van der Waals surface area contributed by atoms with E-state index < -0.39 is 10.1 Å². The van der Waals surface area contributed by atoms with Crippen molar-refractivity contribution in [2.45, 2.75) is 4.90 Å². The number of benzene rings is 1. The molecular formula is C9H12O4S. The largest absolute Gasteiger partial charge is 0.392 e. The molecular weight excluding hydrogens is 204 g/mol. The second kappa shape index (κ2) is 6.31. The van der Waals surface area contributed by atoms with Gasteiger partial charge >= 0.3 is 0 Å². The lowest BCUT2D eigenvalue weighted by atomic mass is 10.4. The lowest BCUT2D eigenvalue weighted by Crippen LogP contribution is -1.96. The van der Waals surface area contributed by atoms with Crippen LogP contribution in [0.1, 0.15) is 0 Å². The molecule has 2 N–H and O–H groups in total. The van der Waals surface area contributed by atoms with E-state index in [1.165, 1.54) is 18.2 Å². The van der Waals surface area contributed by atoms with Crippen molar-refractivity contribution in [1.82, 2.24) is 0 Å². The highest BCUT2D eigenvalue weighted by atomic mass is 32.2. The quantitative estimate of drug-likeness (QED) is 0.573. The smallest absolute Gasteiger partial charge is 0.294 e. The number of hydrogen-bond acceptors (Lipinski definition) is 3. The van der Waals surface area contributed by atoms with Crippen LogP contribution in [0.25, 0.3) is 0 Å². The standard InChI is InChI=1S/C6H6O3S.C3H6O/c7-10(8,9)6-4-2-1-3-5-6;1-2-3-4/h1-5H,(H,7,8,9);2,4H,1,3H2. The van der Waals surface area contributed by atoms with Gasteiger partial charge in [-0.2, -0.15) is 8.42 Å². The highest BCUT2D eigenvalue weighted by molar-refractivity contribution is 7.85. The monoisotopic (exact) mass is 216 g/mol. The summed E-state index contributed by atoms with van der Waals surface area (Å²) in [6.45, 7) is 3.31. The van der Waals surface area contributed by atoms with Gasteiger partial charge in [0, 0.05) is 0 Å². The van der Waals surface area contributed by atoms with Gasteiger partial charge in [-0.3, -0.25) is 4.55 Å². The van der Waals surface area contributed by atoms with E-state index in [9.17, 15) is 8.42 Å². The maximum atomic E-state index is 10.4. The molecule has 0 aliphatic carbocycles. The van der Waals surface area contributed by atoms with Crippen LogP contribution in [0.2, 0.25) is 0 Å². The first-order valence-electron chi connectivity index (χ1n) is 3.76. The second-order valence-electron chi connectivity index (χ2n) is 2.26. The Kier molecular flexibility index (Phi) is 5.78. The van der Waals surface area contributed by atoms with E-state index in [4.69, 9.17) is 9.66 Å². The molecule has 0 radical (unpaired) electrons. The van der Waals surface area contributed by atoms with Crippen LogP contribution in [0.3, 0.4) is 0 Å². The molecule has 14 heavy (non-hydrogen) atoms. The topological polar surface area (TPSA) is 74.6 Å². The molecule has 0 saturated heterocycles.